The summed E-state index contributed by atoms with van der Waals surface area (Å²) in [6.45, 7) is 7.50. The molecule has 0 bridgehead atoms. The molecule has 1 fully saturated rings. The number of rotatable bonds is 4. The normalized spacial score (nSPS) is 27.0. The zero-order chi connectivity index (χ0) is 7.56. The van der Waals surface area contributed by atoms with Crippen LogP contribution in [0, 0.1) is 0 Å². The molecule has 1 aliphatic rings. The van der Waals surface area contributed by atoms with E-state index in [0.29, 0.717) is 18.2 Å². The lowest BCUT2D eigenvalue weighted by Gasteiger charge is -2.16. The largest absolute Gasteiger partial charge is 0.371 e. The second-order valence-corrected chi connectivity index (χ2v) is 3.21. The fourth-order valence-corrected chi connectivity index (χ4v) is 1.20. The van der Waals surface area contributed by atoms with Gasteiger partial charge in [0, 0.05) is 12.1 Å². The van der Waals surface area contributed by atoms with Crippen LogP contribution in [0.15, 0.2) is 0 Å². The Kier molecular flexibility index (Phi) is 2.69. The van der Waals surface area contributed by atoms with E-state index in [1.165, 1.54) is 6.42 Å². The molecule has 0 aromatic rings. The number of hydrogen-bond donors (Lipinski definition) is 1. The molecule has 1 saturated heterocycles. The Morgan fingerprint density at radius 1 is 1.60 bits per heavy atom. The van der Waals surface area contributed by atoms with E-state index in [9.17, 15) is 0 Å². The van der Waals surface area contributed by atoms with Gasteiger partial charge in [-0.05, 0) is 6.42 Å². The van der Waals surface area contributed by atoms with Crippen molar-refractivity contribution in [2.75, 3.05) is 6.61 Å². The predicted molar refractivity (Wildman–Crippen MR) is 42.1 cm³/mol. The van der Waals surface area contributed by atoms with Gasteiger partial charge in [-0.25, -0.2) is 0 Å². The second kappa shape index (κ2) is 3.35. The molecule has 0 saturated carbocycles. The fourth-order valence-electron chi connectivity index (χ4n) is 1.20. The summed E-state index contributed by atoms with van der Waals surface area (Å²) in [6, 6.07) is 1.16. The van der Waals surface area contributed by atoms with Crippen LogP contribution in [0.25, 0.3) is 0 Å². The molecule has 1 N–H and O–H groups in total. The molecule has 2 unspecified atom stereocenters. The summed E-state index contributed by atoms with van der Waals surface area (Å²) >= 11 is 0. The highest BCUT2D eigenvalue weighted by molar-refractivity contribution is 4.84. The first kappa shape index (κ1) is 8.02. The maximum absolute atomic E-state index is 5.20. The Morgan fingerprint density at radius 3 is 2.50 bits per heavy atom. The summed E-state index contributed by atoms with van der Waals surface area (Å²) in [5.74, 6) is 0. The first-order valence-corrected chi connectivity index (χ1v) is 4.11. The molecule has 1 heterocycles. The van der Waals surface area contributed by atoms with Crippen molar-refractivity contribution in [3.05, 3.63) is 0 Å². The summed E-state index contributed by atoms with van der Waals surface area (Å²) in [6.07, 6.45) is 1.68. The van der Waals surface area contributed by atoms with Gasteiger partial charge in [-0.1, -0.05) is 20.8 Å². The Bertz CT molecular complexity index is 99.4. The van der Waals surface area contributed by atoms with Gasteiger partial charge < -0.3 is 10.1 Å². The molecular weight excluding hydrogens is 126 g/mol. The van der Waals surface area contributed by atoms with Crippen LogP contribution in [0.4, 0.5) is 0 Å². The third kappa shape index (κ3) is 2.27. The van der Waals surface area contributed by atoms with Gasteiger partial charge in [-0.2, -0.15) is 0 Å². The molecule has 0 amide bonds. The minimum Gasteiger partial charge on any atom is -0.371 e. The molecule has 0 aromatic heterocycles. The summed E-state index contributed by atoms with van der Waals surface area (Å²) in [5, 5.41) is 3.47. The van der Waals surface area contributed by atoms with Crippen molar-refractivity contribution >= 4 is 0 Å². The van der Waals surface area contributed by atoms with Crippen LogP contribution in [0.5, 0.6) is 0 Å². The van der Waals surface area contributed by atoms with Gasteiger partial charge in [0.25, 0.3) is 0 Å². The van der Waals surface area contributed by atoms with Gasteiger partial charge in [0.2, 0.25) is 0 Å². The first-order valence-electron chi connectivity index (χ1n) is 4.11. The summed E-state index contributed by atoms with van der Waals surface area (Å²) in [7, 11) is 0. The quantitative estimate of drug-likeness (QED) is 0.597. The molecule has 0 aliphatic carbocycles. The van der Waals surface area contributed by atoms with E-state index < -0.39 is 0 Å². The van der Waals surface area contributed by atoms with Crippen molar-refractivity contribution in [3.63, 3.8) is 0 Å². The molecule has 2 atom stereocenters. The van der Waals surface area contributed by atoms with Crippen LogP contribution < -0.4 is 5.32 Å². The summed E-state index contributed by atoms with van der Waals surface area (Å²) < 4.78 is 5.20. The van der Waals surface area contributed by atoms with E-state index in [4.69, 9.17) is 4.74 Å². The van der Waals surface area contributed by atoms with Crippen molar-refractivity contribution in [1.82, 2.24) is 5.32 Å². The Balaban J connectivity index is 2.19. The zero-order valence-corrected chi connectivity index (χ0v) is 7.05. The molecule has 0 radical (unpaired) electrons. The predicted octanol–water partition coefficient (Wildman–Crippen LogP) is 1.16. The van der Waals surface area contributed by atoms with Gasteiger partial charge in [0.1, 0.15) is 0 Å². The van der Waals surface area contributed by atoms with Gasteiger partial charge >= 0.3 is 0 Å². The van der Waals surface area contributed by atoms with Crippen molar-refractivity contribution in [1.29, 1.82) is 0 Å². The summed E-state index contributed by atoms with van der Waals surface area (Å²) in [5.41, 5.74) is 0. The number of epoxide rings is 1. The van der Waals surface area contributed by atoms with Crippen LogP contribution >= 0.6 is 0 Å². The number of ether oxygens (including phenoxy) is 1. The van der Waals surface area contributed by atoms with E-state index in [1.54, 1.807) is 0 Å². The van der Waals surface area contributed by atoms with Crippen LogP contribution in [0.2, 0.25) is 0 Å². The van der Waals surface area contributed by atoms with E-state index in [0.717, 1.165) is 6.61 Å². The molecule has 2 nitrogen and oxygen atoms in total. The fraction of sp³-hybridized carbons (Fsp3) is 1.00. The molecule has 10 heavy (non-hydrogen) atoms. The number of nitrogens with one attached hydrogen (secondary N) is 1. The van der Waals surface area contributed by atoms with Crippen molar-refractivity contribution in [2.24, 2.45) is 0 Å². The molecule has 2 heteroatoms. The van der Waals surface area contributed by atoms with Crippen molar-refractivity contribution in [2.45, 2.75) is 45.4 Å². The maximum Gasteiger partial charge on any atom is 0.0962 e. The Hall–Kier alpha value is -0.0800. The average molecular weight is 143 g/mol. The summed E-state index contributed by atoms with van der Waals surface area (Å²) in [4.78, 5) is 0. The lowest BCUT2D eigenvalue weighted by atomic mass is 10.1. The lowest BCUT2D eigenvalue weighted by molar-refractivity contribution is 0.322. The maximum atomic E-state index is 5.20. The SMILES string of the molecule is CCC(NC(C)C)C1CO1. The molecular formula is C8H17NO. The highest BCUT2D eigenvalue weighted by Gasteiger charge is 2.31. The standard InChI is InChI=1S/C8H17NO/c1-4-7(8-5-10-8)9-6(2)3/h6-9H,4-5H2,1-3H3. The minimum atomic E-state index is 0.507. The number of hydrogen-bond acceptors (Lipinski definition) is 2. The zero-order valence-electron chi connectivity index (χ0n) is 7.05. The first-order chi connectivity index (χ1) is 4.74. The van der Waals surface area contributed by atoms with Crippen LogP contribution in [0.1, 0.15) is 27.2 Å². The highest BCUT2D eigenvalue weighted by Crippen LogP contribution is 2.16. The second-order valence-electron chi connectivity index (χ2n) is 3.21. The minimum absolute atomic E-state index is 0.507. The Morgan fingerprint density at radius 2 is 2.20 bits per heavy atom. The Labute approximate surface area is 63.0 Å². The van der Waals surface area contributed by atoms with Gasteiger partial charge in [-0.15, -0.1) is 0 Å². The third-order valence-electron chi connectivity index (χ3n) is 1.80. The van der Waals surface area contributed by atoms with E-state index in [1.807, 2.05) is 0 Å². The highest BCUT2D eigenvalue weighted by atomic mass is 16.6. The third-order valence-corrected chi connectivity index (χ3v) is 1.80. The molecule has 60 valence electrons. The van der Waals surface area contributed by atoms with E-state index in [-0.39, 0.29) is 0 Å². The smallest absolute Gasteiger partial charge is 0.0962 e. The van der Waals surface area contributed by atoms with Crippen molar-refractivity contribution < 1.29 is 4.74 Å². The molecule has 1 rings (SSSR count). The van der Waals surface area contributed by atoms with E-state index in [2.05, 4.69) is 26.1 Å². The molecule has 0 spiro atoms. The monoisotopic (exact) mass is 143 g/mol. The van der Waals surface area contributed by atoms with Gasteiger partial charge in [-0.3, -0.25) is 0 Å². The molecule has 1 aliphatic heterocycles. The van der Waals surface area contributed by atoms with Gasteiger partial charge in [0.15, 0.2) is 0 Å². The van der Waals surface area contributed by atoms with Gasteiger partial charge in [0.05, 0.1) is 12.7 Å². The van der Waals surface area contributed by atoms with E-state index >= 15 is 0 Å². The molecule has 0 aromatic carbocycles. The van der Waals surface area contributed by atoms with Crippen molar-refractivity contribution in [3.8, 4) is 0 Å². The van der Waals surface area contributed by atoms with Crippen LogP contribution in [0.3, 0.4) is 0 Å². The van der Waals surface area contributed by atoms with Crippen LogP contribution in [-0.4, -0.2) is 24.8 Å². The topological polar surface area (TPSA) is 24.6 Å². The lowest BCUT2D eigenvalue weighted by Crippen LogP contribution is -2.38. The van der Waals surface area contributed by atoms with Crippen LogP contribution in [-0.2, 0) is 4.74 Å². The average Bonchev–Trinajstić information content (AvgIpc) is 2.63.